The number of nitrogens with one attached hydrogen (secondary N) is 2. The zero-order chi connectivity index (χ0) is 17.8. The van der Waals surface area contributed by atoms with Crippen molar-refractivity contribution in [3.8, 4) is 22.8 Å². The fraction of sp³-hybridized carbons (Fsp3) is 0.118. The van der Waals surface area contributed by atoms with Crippen LogP contribution in [0, 0.1) is 0 Å². The molecule has 0 radical (unpaired) electrons. The molecule has 0 saturated carbocycles. The third kappa shape index (κ3) is 3.56. The molecule has 3 rings (SSSR count). The van der Waals surface area contributed by atoms with Gasteiger partial charge in [-0.25, -0.2) is 0 Å². The zero-order valence-electron chi connectivity index (χ0n) is 13.5. The molecule has 0 aliphatic rings. The van der Waals surface area contributed by atoms with E-state index in [1.54, 1.807) is 30.6 Å². The quantitative estimate of drug-likeness (QED) is 0.729. The molecule has 0 spiro atoms. The largest absolute Gasteiger partial charge is 0.495 e. The first-order valence-electron chi connectivity index (χ1n) is 7.31. The predicted molar refractivity (Wildman–Crippen MR) is 94.3 cm³/mol. The van der Waals surface area contributed by atoms with E-state index in [4.69, 9.17) is 21.1 Å². The Morgan fingerprint density at radius 1 is 1.12 bits per heavy atom. The van der Waals surface area contributed by atoms with E-state index in [1.807, 2.05) is 12.1 Å². The number of anilines is 1. The molecule has 0 bridgehead atoms. The summed E-state index contributed by atoms with van der Waals surface area (Å²) in [5.41, 5.74) is 2.24. The van der Waals surface area contributed by atoms with Crippen molar-refractivity contribution in [3.63, 3.8) is 0 Å². The third-order valence-corrected chi connectivity index (χ3v) is 3.82. The van der Waals surface area contributed by atoms with Crippen molar-refractivity contribution in [2.45, 2.75) is 0 Å². The summed E-state index contributed by atoms with van der Waals surface area (Å²) in [6.07, 6.45) is 3.32. The number of amides is 1. The molecule has 0 unspecified atom stereocenters. The van der Waals surface area contributed by atoms with Gasteiger partial charge in [-0.3, -0.25) is 14.9 Å². The summed E-state index contributed by atoms with van der Waals surface area (Å²) in [6.45, 7) is 0. The second kappa shape index (κ2) is 7.23. The van der Waals surface area contributed by atoms with Crippen LogP contribution in [0.1, 0.15) is 10.5 Å². The molecule has 0 aliphatic carbocycles. The van der Waals surface area contributed by atoms with E-state index in [0.717, 1.165) is 5.56 Å². The molecule has 0 atom stereocenters. The summed E-state index contributed by atoms with van der Waals surface area (Å²) in [4.78, 5) is 16.4. The van der Waals surface area contributed by atoms with Crippen LogP contribution < -0.4 is 14.8 Å². The minimum Gasteiger partial charge on any atom is -0.495 e. The van der Waals surface area contributed by atoms with E-state index < -0.39 is 0 Å². The molecule has 1 amide bonds. The van der Waals surface area contributed by atoms with E-state index in [2.05, 4.69) is 20.5 Å². The molecule has 25 heavy (non-hydrogen) atoms. The number of benzene rings is 1. The van der Waals surface area contributed by atoms with Gasteiger partial charge >= 0.3 is 0 Å². The van der Waals surface area contributed by atoms with E-state index >= 15 is 0 Å². The average Bonchev–Trinajstić information content (AvgIpc) is 3.13. The molecule has 2 heterocycles. The summed E-state index contributed by atoms with van der Waals surface area (Å²) in [7, 11) is 3.00. The fourth-order valence-corrected chi connectivity index (χ4v) is 2.50. The number of rotatable bonds is 5. The number of hydrogen-bond acceptors (Lipinski definition) is 5. The first-order chi connectivity index (χ1) is 12.1. The molecule has 8 heteroatoms. The van der Waals surface area contributed by atoms with Crippen LogP contribution in [0.15, 0.2) is 42.7 Å². The highest BCUT2D eigenvalue weighted by Crippen LogP contribution is 2.36. The lowest BCUT2D eigenvalue weighted by Gasteiger charge is -2.12. The highest BCUT2D eigenvalue weighted by molar-refractivity contribution is 6.32. The van der Waals surface area contributed by atoms with E-state index in [0.29, 0.717) is 33.6 Å². The Morgan fingerprint density at radius 2 is 1.84 bits per heavy atom. The number of hydrogen-bond donors (Lipinski definition) is 2. The second-order valence-electron chi connectivity index (χ2n) is 5.04. The number of aromatic nitrogens is 3. The zero-order valence-corrected chi connectivity index (χ0v) is 14.3. The fourth-order valence-electron chi connectivity index (χ4n) is 2.26. The molecule has 7 nitrogen and oxygen atoms in total. The van der Waals surface area contributed by atoms with Gasteiger partial charge in [-0.2, -0.15) is 5.10 Å². The van der Waals surface area contributed by atoms with Gasteiger partial charge in [0, 0.05) is 24.0 Å². The van der Waals surface area contributed by atoms with Crippen LogP contribution in [0.5, 0.6) is 11.5 Å². The number of carbonyl (C=O) groups excluding carboxylic acids is 1. The van der Waals surface area contributed by atoms with Crippen LogP contribution >= 0.6 is 11.6 Å². The number of pyridine rings is 1. The van der Waals surface area contributed by atoms with E-state index in [-0.39, 0.29) is 5.91 Å². The smallest absolute Gasteiger partial charge is 0.273 e. The first-order valence-corrected chi connectivity index (χ1v) is 7.69. The van der Waals surface area contributed by atoms with Gasteiger partial charge < -0.3 is 14.8 Å². The summed E-state index contributed by atoms with van der Waals surface area (Å²) in [6, 6.07) is 8.45. The van der Waals surface area contributed by atoms with Crippen molar-refractivity contribution in [2.24, 2.45) is 0 Å². The molecule has 3 aromatic rings. The van der Waals surface area contributed by atoms with Crippen LogP contribution in [-0.2, 0) is 0 Å². The van der Waals surface area contributed by atoms with Gasteiger partial charge in [-0.05, 0) is 24.3 Å². The Labute approximate surface area is 148 Å². The maximum Gasteiger partial charge on any atom is 0.273 e. The Hall–Kier alpha value is -3.06. The summed E-state index contributed by atoms with van der Waals surface area (Å²) >= 11 is 6.11. The van der Waals surface area contributed by atoms with Crippen molar-refractivity contribution in [3.05, 3.63) is 53.4 Å². The Morgan fingerprint density at radius 3 is 2.52 bits per heavy atom. The molecule has 128 valence electrons. The van der Waals surface area contributed by atoms with Crippen LogP contribution in [0.25, 0.3) is 11.3 Å². The van der Waals surface area contributed by atoms with Gasteiger partial charge in [-0.15, -0.1) is 0 Å². The van der Waals surface area contributed by atoms with Crippen molar-refractivity contribution < 1.29 is 14.3 Å². The minimum atomic E-state index is -0.368. The number of ether oxygens (including phenoxy) is 2. The number of nitrogens with zero attached hydrogens (tertiary/aromatic N) is 2. The third-order valence-electron chi connectivity index (χ3n) is 3.52. The highest BCUT2D eigenvalue weighted by atomic mass is 35.5. The summed E-state index contributed by atoms with van der Waals surface area (Å²) < 4.78 is 10.4. The molecule has 2 aromatic heterocycles. The van der Waals surface area contributed by atoms with Crippen molar-refractivity contribution in [1.82, 2.24) is 15.2 Å². The van der Waals surface area contributed by atoms with Crippen LogP contribution in [-0.4, -0.2) is 35.3 Å². The monoisotopic (exact) mass is 358 g/mol. The Balaban J connectivity index is 1.84. The van der Waals surface area contributed by atoms with Crippen LogP contribution in [0.4, 0.5) is 5.69 Å². The van der Waals surface area contributed by atoms with Crippen molar-refractivity contribution >= 4 is 23.2 Å². The topological polar surface area (TPSA) is 89.1 Å². The maximum absolute atomic E-state index is 12.5. The maximum atomic E-state index is 12.5. The summed E-state index contributed by atoms with van der Waals surface area (Å²) in [5, 5.41) is 9.97. The molecule has 0 aliphatic heterocycles. The van der Waals surface area contributed by atoms with E-state index in [1.165, 1.54) is 14.2 Å². The molecular formula is C17H15ClN4O3. The van der Waals surface area contributed by atoms with Crippen LogP contribution in [0.2, 0.25) is 5.02 Å². The lowest BCUT2D eigenvalue weighted by molar-refractivity contribution is 0.102. The number of carbonyl (C=O) groups is 1. The van der Waals surface area contributed by atoms with Gasteiger partial charge in [0.15, 0.2) is 0 Å². The van der Waals surface area contributed by atoms with Crippen molar-refractivity contribution in [1.29, 1.82) is 0 Å². The van der Waals surface area contributed by atoms with Crippen LogP contribution in [0.3, 0.4) is 0 Å². The van der Waals surface area contributed by atoms with Gasteiger partial charge in [0.25, 0.3) is 5.91 Å². The van der Waals surface area contributed by atoms with Crippen molar-refractivity contribution in [2.75, 3.05) is 19.5 Å². The molecule has 1 aromatic carbocycles. The average molecular weight is 359 g/mol. The minimum absolute atomic E-state index is 0.306. The van der Waals surface area contributed by atoms with Gasteiger partial charge in [0.2, 0.25) is 0 Å². The molecule has 0 saturated heterocycles. The second-order valence-corrected chi connectivity index (χ2v) is 5.45. The number of halogens is 1. The number of aromatic amines is 1. The highest BCUT2D eigenvalue weighted by Gasteiger charge is 2.16. The molecular weight excluding hydrogens is 344 g/mol. The van der Waals surface area contributed by atoms with Gasteiger partial charge in [0.05, 0.1) is 30.6 Å². The molecule has 0 fully saturated rings. The Kier molecular flexibility index (Phi) is 4.85. The normalized spacial score (nSPS) is 10.4. The SMILES string of the molecule is COc1cc(OC)c(NC(=O)c2cc(-c3ccncc3)n[nH]2)cc1Cl. The lowest BCUT2D eigenvalue weighted by Crippen LogP contribution is -2.13. The summed E-state index contributed by atoms with van der Waals surface area (Å²) in [5.74, 6) is 0.522. The lowest BCUT2D eigenvalue weighted by atomic mass is 10.2. The first kappa shape index (κ1) is 16.8. The predicted octanol–water partition coefficient (Wildman–Crippen LogP) is 3.39. The number of H-pyrrole nitrogens is 1. The molecule has 2 N–H and O–H groups in total. The van der Waals surface area contributed by atoms with E-state index in [9.17, 15) is 4.79 Å². The van der Waals surface area contributed by atoms with Gasteiger partial charge in [-0.1, -0.05) is 11.6 Å². The standard InChI is InChI=1S/C17H15ClN4O3/c1-24-15-9-16(25-2)13(7-11(15)18)20-17(23)14-8-12(21-22-14)10-3-5-19-6-4-10/h3-9H,1-2H3,(H,20,23)(H,21,22). The Bertz CT molecular complexity index is 896. The number of methoxy groups -OCH3 is 2. The van der Waals surface area contributed by atoms with Gasteiger partial charge in [0.1, 0.15) is 17.2 Å².